The Balaban J connectivity index is 1.60. The molecule has 5 nitrogen and oxygen atoms in total. The number of carbonyl (C=O) groups is 1. The molecule has 0 bridgehead atoms. The summed E-state index contributed by atoms with van der Waals surface area (Å²) in [6.07, 6.45) is 1.65. The second-order valence-corrected chi connectivity index (χ2v) is 6.21. The van der Waals surface area contributed by atoms with E-state index in [4.69, 9.17) is 4.74 Å². The van der Waals surface area contributed by atoms with E-state index >= 15 is 0 Å². The summed E-state index contributed by atoms with van der Waals surface area (Å²) in [7, 11) is 0. The molecule has 0 atom stereocenters. The Hall–Kier alpha value is -3.41. The number of pyridine rings is 1. The molecule has 2 aromatic carbocycles. The average molecular weight is 365 g/mol. The molecule has 0 radical (unpaired) electrons. The van der Waals surface area contributed by atoms with E-state index in [0.29, 0.717) is 17.1 Å². The monoisotopic (exact) mass is 365 g/mol. The number of hydrogen-bond donors (Lipinski definition) is 2. The quantitative estimate of drug-likeness (QED) is 0.645. The van der Waals surface area contributed by atoms with Crippen LogP contribution in [0.4, 0.5) is 21.5 Å². The lowest BCUT2D eigenvalue weighted by Crippen LogP contribution is -2.13. The lowest BCUT2D eigenvalue weighted by atomic mass is 10.2. The minimum Gasteiger partial charge on any atom is -0.491 e. The van der Waals surface area contributed by atoms with Crippen LogP contribution >= 0.6 is 0 Å². The fraction of sp³-hybridized carbons (Fsp3) is 0.143. The number of benzene rings is 2. The molecule has 0 aliphatic carbocycles. The normalized spacial score (nSPS) is 10.5. The Kier molecular flexibility index (Phi) is 5.66. The van der Waals surface area contributed by atoms with Gasteiger partial charge >= 0.3 is 0 Å². The molecule has 2 N–H and O–H groups in total. The smallest absolute Gasteiger partial charge is 0.274 e. The zero-order valence-corrected chi connectivity index (χ0v) is 15.1. The van der Waals surface area contributed by atoms with Gasteiger partial charge in [0.1, 0.15) is 17.3 Å². The summed E-state index contributed by atoms with van der Waals surface area (Å²) in [5.41, 5.74) is 2.39. The fourth-order valence-electron chi connectivity index (χ4n) is 2.39. The van der Waals surface area contributed by atoms with Crippen molar-refractivity contribution in [1.29, 1.82) is 0 Å². The van der Waals surface area contributed by atoms with Gasteiger partial charge in [-0.05, 0) is 74.5 Å². The predicted octanol–water partition coefficient (Wildman–Crippen LogP) is 5.00. The zero-order valence-electron chi connectivity index (χ0n) is 15.1. The summed E-state index contributed by atoms with van der Waals surface area (Å²) in [5, 5.41) is 5.89. The van der Waals surface area contributed by atoms with Crippen molar-refractivity contribution in [2.24, 2.45) is 0 Å². The van der Waals surface area contributed by atoms with Gasteiger partial charge in [0, 0.05) is 11.4 Å². The third kappa shape index (κ3) is 5.28. The minimum absolute atomic E-state index is 0.0941. The molecule has 0 saturated carbocycles. The first kappa shape index (κ1) is 18.4. The van der Waals surface area contributed by atoms with E-state index in [-0.39, 0.29) is 17.8 Å². The van der Waals surface area contributed by atoms with E-state index in [1.165, 1.54) is 12.1 Å². The van der Waals surface area contributed by atoms with E-state index < -0.39 is 0 Å². The Morgan fingerprint density at radius 2 is 1.56 bits per heavy atom. The first-order valence-electron chi connectivity index (χ1n) is 8.56. The van der Waals surface area contributed by atoms with Crippen LogP contribution in [0.2, 0.25) is 0 Å². The van der Waals surface area contributed by atoms with Crippen molar-refractivity contribution in [1.82, 2.24) is 4.98 Å². The molecule has 0 spiro atoms. The molecule has 1 aromatic heterocycles. The van der Waals surface area contributed by atoms with Crippen LogP contribution in [0.1, 0.15) is 24.3 Å². The molecular weight excluding hydrogens is 345 g/mol. The fourth-order valence-corrected chi connectivity index (χ4v) is 2.39. The largest absolute Gasteiger partial charge is 0.491 e. The van der Waals surface area contributed by atoms with Gasteiger partial charge in [0.15, 0.2) is 0 Å². The van der Waals surface area contributed by atoms with Crippen LogP contribution in [-0.2, 0) is 0 Å². The zero-order chi connectivity index (χ0) is 19.2. The molecule has 0 aliphatic heterocycles. The second-order valence-electron chi connectivity index (χ2n) is 6.21. The number of halogens is 1. The molecule has 138 valence electrons. The van der Waals surface area contributed by atoms with E-state index in [1.807, 2.05) is 13.8 Å². The van der Waals surface area contributed by atoms with Gasteiger partial charge in [-0.25, -0.2) is 9.37 Å². The average Bonchev–Trinajstić information content (AvgIpc) is 2.65. The van der Waals surface area contributed by atoms with Gasteiger partial charge in [0.2, 0.25) is 0 Å². The van der Waals surface area contributed by atoms with Crippen LogP contribution in [0.15, 0.2) is 66.9 Å². The third-order valence-electron chi connectivity index (χ3n) is 3.61. The Morgan fingerprint density at radius 1 is 0.926 bits per heavy atom. The Morgan fingerprint density at radius 3 is 2.15 bits per heavy atom. The van der Waals surface area contributed by atoms with Crippen molar-refractivity contribution < 1.29 is 13.9 Å². The van der Waals surface area contributed by atoms with Crippen LogP contribution in [0.3, 0.4) is 0 Å². The molecule has 3 rings (SSSR count). The number of aromatic nitrogens is 1. The van der Waals surface area contributed by atoms with Gasteiger partial charge < -0.3 is 15.4 Å². The van der Waals surface area contributed by atoms with Crippen LogP contribution in [-0.4, -0.2) is 17.0 Å². The number of rotatable bonds is 6. The number of anilines is 3. The second kappa shape index (κ2) is 8.31. The standard InChI is InChI=1S/C21H20FN3O2/c1-14(2)27-19-10-7-17(8-11-19)25-21(26)20-12-9-18(13-23-20)24-16-5-3-15(22)4-6-16/h3-14,24H,1-2H3,(H,25,26). The van der Waals surface area contributed by atoms with Gasteiger partial charge in [-0.2, -0.15) is 0 Å². The van der Waals surface area contributed by atoms with E-state index in [1.54, 1.807) is 54.7 Å². The van der Waals surface area contributed by atoms with Crippen LogP contribution < -0.4 is 15.4 Å². The molecule has 27 heavy (non-hydrogen) atoms. The highest BCUT2D eigenvalue weighted by Gasteiger charge is 2.08. The molecule has 6 heteroatoms. The molecule has 0 fully saturated rings. The molecule has 0 aliphatic rings. The Bertz CT molecular complexity index is 892. The minimum atomic E-state index is -0.305. The maximum absolute atomic E-state index is 12.9. The van der Waals surface area contributed by atoms with Gasteiger partial charge in [-0.15, -0.1) is 0 Å². The van der Waals surface area contributed by atoms with Crippen molar-refractivity contribution in [3.63, 3.8) is 0 Å². The maximum atomic E-state index is 12.9. The highest BCUT2D eigenvalue weighted by atomic mass is 19.1. The third-order valence-corrected chi connectivity index (χ3v) is 3.61. The lowest BCUT2D eigenvalue weighted by molar-refractivity contribution is 0.102. The lowest BCUT2D eigenvalue weighted by Gasteiger charge is -2.11. The first-order chi connectivity index (χ1) is 13.0. The van der Waals surface area contributed by atoms with E-state index in [0.717, 1.165) is 11.4 Å². The molecule has 1 heterocycles. The number of hydrogen-bond acceptors (Lipinski definition) is 4. The van der Waals surface area contributed by atoms with Crippen molar-refractivity contribution >= 4 is 23.0 Å². The summed E-state index contributed by atoms with van der Waals surface area (Å²) < 4.78 is 18.5. The molecule has 0 saturated heterocycles. The number of ether oxygens (including phenoxy) is 1. The number of amides is 1. The van der Waals surface area contributed by atoms with Gasteiger partial charge in [0.05, 0.1) is 18.0 Å². The molecule has 3 aromatic rings. The van der Waals surface area contributed by atoms with Crippen molar-refractivity contribution in [3.8, 4) is 5.75 Å². The molecular formula is C21H20FN3O2. The van der Waals surface area contributed by atoms with Gasteiger partial charge in [0.25, 0.3) is 5.91 Å². The topological polar surface area (TPSA) is 63.2 Å². The van der Waals surface area contributed by atoms with Crippen molar-refractivity contribution in [2.75, 3.05) is 10.6 Å². The van der Waals surface area contributed by atoms with Crippen LogP contribution in [0, 0.1) is 5.82 Å². The summed E-state index contributed by atoms with van der Waals surface area (Å²) in [4.78, 5) is 16.5. The summed E-state index contributed by atoms with van der Waals surface area (Å²) in [6.45, 7) is 3.91. The number of carbonyl (C=O) groups excluding carboxylic acids is 1. The number of nitrogens with zero attached hydrogens (tertiary/aromatic N) is 1. The van der Waals surface area contributed by atoms with Crippen molar-refractivity contribution in [3.05, 3.63) is 78.4 Å². The van der Waals surface area contributed by atoms with Crippen molar-refractivity contribution in [2.45, 2.75) is 20.0 Å². The van der Waals surface area contributed by atoms with Crippen LogP contribution in [0.25, 0.3) is 0 Å². The highest BCUT2D eigenvalue weighted by molar-refractivity contribution is 6.03. The molecule has 0 unspecified atom stereocenters. The summed E-state index contributed by atoms with van der Waals surface area (Å²) in [6, 6.07) is 16.5. The first-order valence-corrected chi connectivity index (χ1v) is 8.56. The predicted molar refractivity (Wildman–Crippen MR) is 104 cm³/mol. The van der Waals surface area contributed by atoms with E-state index in [9.17, 15) is 9.18 Å². The van der Waals surface area contributed by atoms with E-state index in [2.05, 4.69) is 15.6 Å². The maximum Gasteiger partial charge on any atom is 0.274 e. The molecule has 1 amide bonds. The SMILES string of the molecule is CC(C)Oc1ccc(NC(=O)c2ccc(Nc3ccc(F)cc3)cn2)cc1. The van der Waals surface area contributed by atoms with Crippen LogP contribution in [0.5, 0.6) is 5.75 Å². The van der Waals surface area contributed by atoms with Gasteiger partial charge in [-0.3, -0.25) is 4.79 Å². The highest BCUT2D eigenvalue weighted by Crippen LogP contribution is 2.19. The van der Waals surface area contributed by atoms with Gasteiger partial charge in [-0.1, -0.05) is 0 Å². The summed E-state index contributed by atoms with van der Waals surface area (Å²) >= 11 is 0. The summed E-state index contributed by atoms with van der Waals surface area (Å²) in [5.74, 6) is 0.146. The Labute approximate surface area is 157 Å². The number of nitrogens with one attached hydrogen (secondary N) is 2.